The Labute approximate surface area is 84.3 Å². The summed E-state index contributed by atoms with van der Waals surface area (Å²) >= 11 is 0. The molecule has 2 atom stereocenters. The normalized spacial score (nSPS) is 22.9. The molecule has 1 aromatic rings. The lowest BCUT2D eigenvalue weighted by atomic mass is 9.88. The number of rotatable bonds is 2. The summed E-state index contributed by atoms with van der Waals surface area (Å²) in [5.41, 5.74) is 2.57. The van der Waals surface area contributed by atoms with Crippen LogP contribution >= 0.6 is 0 Å². The summed E-state index contributed by atoms with van der Waals surface area (Å²) in [4.78, 5) is 0. The lowest BCUT2D eigenvalue weighted by Gasteiger charge is -2.25. The van der Waals surface area contributed by atoms with Crippen molar-refractivity contribution in [2.24, 2.45) is 0 Å². The monoisotopic (exact) mass is 192 g/mol. The van der Waals surface area contributed by atoms with Gasteiger partial charge in [-0.3, -0.25) is 0 Å². The van der Waals surface area contributed by atoms with Gasteiger partial charge in [-0.15, -0.1) is 0 Å². The van der Waals surface area contributed by atoms with Gasteiger partial charge in [-0.2, -0.15) is 5.32 Å². The quantitative estimate of drug-likeness (QED) is 0.639. The molecule has 1 unspecified atom stereocenters. The van der Waals surface area contributed by atoms with Gasteiger partial charge in [0.2, 0.25) is 0 Å². The van der Waals surface area contributed by atoms with Crippen LogP contribution in [0.4, 0.5) is 4.39 Å². The molecule has 0 N–H and O–H groups in total. The Morgan fingerprint density at radius 2 is 2.21 bits per heavy atom. The Kier molecular flexibility index (Phi) is 2.82. The zero-order valence-electron chi connectivity index (χ0n) is 8.41. The van der Waals surface area contributed by atoms with Crippen molar-refractivity contribution in [3.63, 3.8) is 0 Å². The molecular weight excluding hydrogens is 177 g/mol. The first-order chi connectivity index (χ1) is 6.77. The Bertz CT molecular complexity index is 309. The standard InChI is InChI=1S/C12H15FN/c1-9(13)14-12-8-4-6-10-5-2-3-7-11(10)12/h2-3,5,7,9,12H,4,6,8H2,1H3/t9?,12-/m1/s1. The van der Waals surface area contributed by atoms with Crippen molar-refractivity contribution in [2.45, 2.75) is 38.5 Å². The van der Waals surface area contributed by atoms with E-state index in [0.29, 0.717) is 0 Å². The van der Waals surface area contributed by atoms with E-state index in [9.17, 15) is 4.39 Å². The molecule has 75 valence electrons. The number of fused-ring (bicyclic) bond motifs is 1. The molecule has 0 saturated heterocycles. The van der Waals surface area contributed by atoms with Crippen LogP contribution in [0.3, 0.4) is 0 Å². The highest BCUT2D eigenvalue weighted by Gasteiger charge is 2.21. The molecule has 1 aliphatic rings. The van der Waals surface area contributed by atoms with E-state index < -0.39 is 6.30 Å². The molecule has 1 nitrogen and oxygen atoms in total. The van der Waals surface area contributed by atoms with Gasteiger partial charge in [0.15, 0.2) is 6.30 Å². The van der Waals surface area contributed by atoms with Crippen molar-refractivity contribution >= 4 is 0 Å². The molecule has 0 heterocycles. The first-order valence-electron chi connectivity index (χ1n) is 5.19. The maximum Gasteiger partial charge on any atom is 0.163 e. The number of nitrogens with zero attached hydrogens (tertiary/aromatic N) is 1. The highest BCUT2D eigenvalue weighted by molar-refractivity contribution is 5.32. The SMILES string of the molecule is CC(F)[N][C@@H]1CCCc2ccccc21. The number of benzene rings is 1. The highest BCUT2D eigenvalue weighted by atomic mass is 19.1. The second-order valence-electron chi connectivity index (χ2n) is 3.83. The fraction of sp³-hybridized carbons (Fsp3) is 0.500. The molecule has 2 rings (SSSR count). The van der Waals surface area contributed by atoms with Crippen molar-refractivity contribution in [2.75, 3.05) is 0 Å². The number of aryl methyl sites for hydroxylation is 1. The summed E-state index contributed by atoms with van der Waals surface area (Å²) in [6.07, 6.45) is 2.18. The molecule has 0 bridgehead atoms. The van der Waals surface area contributed by atoms with Gasteiger partial charge >= 0.3 is 0 Å². The third-order valence-electron chi connectivity index (χ3n) is 2.72. The second kappa shape index (κ2) is 4.09. The fourth-order valence-corrected chi connectivity index (χ4v) is 2.13. The molecule has 1 aromatic carbocycles. The van der Waals surface area contributed by atoms with Crippen molar-refractivity contribution in [3.05, 3.63) is 35.4 Å². The van der Waals surface area contributed by atoms with Gasteiger partial charge in [-0.25, -0.2) is 4.39 Å². The minimum atomic E-state index is -1.05. The van der Waals surface area contributed by atoms with Crippen LogP contribution in [0, 0.1) is 0 Å². The lowest BCUT2D eigenvalue weighted by Crippen LogP contribution is -2.23. The van der Waals surface area contributed by atoms with Crippen LogP contribution in [-0.4, -0.2) is 6.30 Å². The van der Waals surface area contributed by atoms with Crippen molar-refractivity contribution < 1.29 is 4.39 Å². The summed E-state index contributed by atoms with van der Waals surface area (Å²) in [6, 6.07) is 8.33. The van der Waals surface area contributed by atoms with E-state index in [1.54, 1.807) is 0 Å². The first-order valence-corrected chi connectivity index (χ1v) is 5.19. The molecule has 14 heavy (non-hydrogen) atoms. The highest BCUT2D eigenvalue weighted by Crippen LogP contribution is 2.30. The summed E-state index contributed by atoms with van der Waals surface area (Å²) in [6.45, 7) is 1.50. The predicted molar refractivity (Wildman–Crippen MR) is 54.8 cm³/mol. The smallest absolute Gasteiger partial charge is 0.163 e. The van der Waals surface area contributed by atoms with E-state index in [-0.39, 0.29) is 6.04 Å². The van der Waals surface area contributed by atoms with Crippen molar-refractivity contribution in [1.82, 2.24) is 5.32 Å². The van der Waals surface area contributed by atoms with Crippen molar-refractivity contribution in [1.29, 1.82) is 0 Å². The van der Waals surface area contributed by atoms with E-state index in [4.69, 9.17) is 0 Å². The third-order valence-corrected chi connectivity index (χ3v) is 2.72. The Morgan fingerprint density at radius 1 is 1.43 bits per heavy atom. The van der Waals surface area contributed by atoms with Crippen LogP contribution in [0.2, 0.25) is 0 Å². The predicted octanol–water partition coefficient (Wildman–Crippen LogP) is 2.98. The summed E-state index contributed by atoms with van der Waals surface area (Å²) in [5, 5.41) is 4.11. The zero-order chi connectivity index (χ0) is 9.97. The Morgan fingerprint density at radius 3 is 3.00 bits per heavy atom. The second-order valence-corrected chi connectivity index (χ2v) is 3.83. The molecule has 1 aliphatic carbocycles. The molecule has 0 amide bonds. The van der Waals surface area contributed by atoms with Gasteiger partial charge in [0.05, 0.1) is 6.04 Å². The van der Waals surface area contributed by atoms with Gasteiger partial charge in [0.1, 0.15) is 0 Å². The molecule has 0 spiro atoms. The molecule has 0 aromatic heterocycles. The van der Waals surface area contributed by atoms with E-state index >= 15 is 0 Å². The Hall–Kier alpha value is -0.890. The van der Waals surface area contributed by atoms with E-state index in [1.807, 2.05) is 12.1 Å². The van der Waals surface area contributed by atoms with Gasteiger partial charge in [0, 0.05) is 0 Å². The van der Waals surface area contributed by atoms with Gasteiger partial charge in [-0.1, -0.05) is 24.3 Å². The summed E-state index contributed by atoms with van der Waals surface area (Å²) in [5.74, 6) is 0. The number of alkyl halides is 1. The average molecular weight is 192 g/mol. The van der Waals surface area contributed by atoms with Gasteiger partial charge < -0.3 is 0 Å². The molecule has 0 fully saturated rings. The van der Waals surface area contributed by atoms with Crippen LogP contribution in [0.25, 0.3) is 0 Å². The number of hydrogen-bond acceptors (Lipinski definition) is 0. The molecular formula is C12H15FN. The van der Waals surface area contributed by atoms with Crippen LogP contribution < -0.4 is 5.32 Å². The molecule has 1 radical (unpaired) electrons. The average Bonchev–Trinajstić information content (AvgIpc) is 2.18. The maximum absolute atomic E-state index is 12.8. The van der Waals surface area contributed by atoms with Crippen LogP contribution in [0.15, 0.2) is 24.3 Å². The number of hydrogen-bond donors (Lipinski definition) is 0. The molecule has 2 heteroatoms. The topological polar surface area (TPSA) is 14.1 Å². The number of halogens is 1. The van der Waals surface area contributed by atoms with E-state index in [2.05, 4.69) is 17.4 Å². The maximum atomic E-state index is 12.8. The minimum absolute atomic E-state index is 0.0833. The third kappa shape index (κ3) is 1.95. The van der Waals surface area contributed by atoms with Crippen LogP contribution in [0.1, 0.15) is 36.9 Å². The van der Waals surface area contributed by atoms with Crippen LogP contribution in [-0.2, 0) is 6.42 Å². The van der Waals surface area contributed by atoms with Crippen LogP contribution in [0.5, 0.6) is 0 Å². The zero-order valence-corrected chi connectivity index (χ0v) is 8.41. The largest absolute Gasteiger partial charge is 0.229 e. The minimum Gasteiger partial charge on any atom is -0.229 e. The first kappa shape index (κ1) is 9.66. The molecule has 0 aliphatic heterocycles. The Balaban J connectivity index is 2.22. The fourth-order valence-electron chi connectivity index (χ4n) is 2.13. The lowest BCUT2D eigenvalue weighted by molar-refractivity contribution is 0.249. The van der Waals surface area contributed by atoms with Gasteiger partial charge in [-0.05, 0) is 37.3 Å². The van der Waals surface area contributed by atoms with Gasteiger partial charge in [0.25, 0.3) is 0 Å². The van der Waals surface area contributed by atoms with E-state index in [1.165, 1.54) is 18.1 Å². The van der Waals surface area contributed by atoms with Crippen molar-refractivity contribution in [3.8, 4) is 0 Å². The summed E-state index contributed by atoms with van der Waals surface area (Å²) < 4.78 is 12.8. The summed E-state index contributed by atoms with van der Waals surface area (Å²) in [7, 11) is 0. The molecule has 0 saturated carbocycles. The van der Waals surface area contributed by atoms with E-state index in [0.717, 1.165) is 19.3 Å².